The summed E-state index contributed by atoms with van der Waals surface area (Å²) in [5, 5.41) is 0. The van der Waals surface area contributed by atoms with Gasteiger partial charge in [-0.05, 0) is 36.8 Å². The van der Waals surface area contributed by atoms with Gasteiger partial charge in [0, 0.05) is 31.9 Å². The number of nitrogens with zero attached hydrogens (tertiary/aromatic N) is 5. The van der Waals surface area contributed by atoms with Gasteiger partial charge < -0.3 is 15.4 Å². The Morgan fingerprint density at radius 1 is 1.16 bits per heavy atom. The number of anilines is 1. The van der Waals surface area contributed by atoms with Crippen LogP contribution >= 0.6 is 0 Å². The Morgan fingerprint density at radius 2 is 1.91 bits per heavy atom. The quantitative estimate of drug-likeness (QED) is 0.580. The molecule has 0 spiro atoms. The lowest BCUT2D eigenvalue weighted by atomic mass is 10.0. The van der Waals surface area contributed by atoms with E-state index in [1.807, 2.05) is 11.9 Å². The van der Waals surface area contributed by atoms with Gasteiger partial charge in [0.25, 0.3) is 0 Å². The van der Waals surface area contributed by atoms with Crippen LogP contribution < -0.4 is 21.1 Å². The first-order valence-corrected chi connectivity index (χ1v) is 9.87. The van der Waals surface area contributed by atoms with Crippen LogP contribution in [0.25, 0.3) is 17.1 Å². The van der Waals surface area contributed by atoms with Crippen molar-refractivity contribution in [2.24, 2.45) is 5.73 Å². The molecule has 0 fully saturated rings. The van der Waals surface area contributed by atoms with E-state index in [1.165, 1.54) is 43.6 Å². The van der Waals surface area contributed by atoms with Crippen LogP contribution in [0.3, 0.4) is 0 Å². The fourth-order valence-electron chi connectivity index (χ4n) is 3.36. The van der Waals surface area contributed by atoms with Crippen molar-refractivity contribution >= 4 is 17.3 Å². The van der Waals surface area contributed by atoms with Crippen molar-refractivity contribution in [3.05, 3.63) is 70.2 Å². The second kappa shape index (κ2) is 8.58. The molecule has 0 unspecified atom stereocenters. The summed E-state index contributed by atoms with van der Waals surface area (Å²) in [5.74, 6) is 0.275. The van der Waals surface area contributed by atoms with Crippen molar-refractivity contribution in [2.45, 2.75) is 13.5 Å². The normalized spacial score (nSPS) is 13.5. The molecule has 0 saturated heterocycles. The lowest BCUT2D eigenvalue weighted by Gasteiger charge is -2.12. The number of carbonyl (C=O) groups excluding carboxylic acids is 1. The maximum atomic E-state index is 13.2. The van der Waals surface area contributed by atoms with E-state index in [2.05, 4.69) is 15.0 Å². The molecule has 1 aliphatic heterocycles. The van der Waals surface area contributed by atoms with Gasteiger partial charge in [0.05, 0.1) is 23.7 Å². The molecule has 164 valence electrons. The van der Waals surface area contributed by atoms with Crippen molar-refractivity contribution in [3.63, 3.8) is 0 Å². The van der Waals surface area contributed by atoms with Gasteiger partial charge in [-0.3, -0.25) is 9.36 Å². The zero-order valence-electron chi connectivity index (χ0n) is 17.6. The van der Waals surface area contributed by atoms with Gasteiger partial charge in [-0.1, -0.05) is 0 Å². The molecule has 2 N–H and O–H groups in total. The van der Waals surface area contributed by atoms with Crippen LogP contribution in [-0.4, -0.2) is 45.5 Å². The number of ether oxygens (including phenoxy) is 1. The minimum atomic E-state index is -0.398. The molecule has 10 heteroatoms. The number of hydrogen-bond donors (Lipinski definition) is 1. The number of rotatable bonds is 6. The first-order valence-electron chi connectivity index (χ1n) is 9.87. The van der Waals surface area contributed by atoms with E-state index in [0.717, 1.165) is 12.4 Å². The highest BCUT2D eigenvalue weighted by atomic mass is 19.1. The Kier molecular flexibility index (Phi) is 5.67. The average molecular weight is 436 g/mol. The maximum Gasteiger partial charge on any atom is 0.349 e. The Hall–Kier alpha value is -4.08. The van der Waals surface area contributed by atoms with Gasteiger partial charge in [0.15, 0.2) is 5.78 Å². The number of carbonyl (C=O) groups is 1. The summed E-state index contributed by atoms with van der Waals surface area (Å²) in [7, 11) is 1.91. The van der Waals surface area contributed by atoms with E-state index in [1.54, 1.807) is 10.6 Å². The number of ketones is 1. The number of Topliss-reactive ketones (excluding diaryl/α,β-unsaturated/α-hetero) is 1. The van der Waals surface area contributed by atoms with E-state index in [4.69, 9.17) is 10.5 Å². The standard InChI is InChI=1S/C22H21FN6O3/c1-13(30)16(21(24)14-3-5-15(23)6-4-14)12-32-19-11-25-18(10-26-19)17-9-20-28(2)7-8-29(20)22(31)27-17/h3-6,9-11H,7-8,12,24H2,1-2H3/b21-16-. The SMILES string of the molecule is CC(=O)/C(COc1cnc(-c2cc3n(c(=O)n2)CCN3C)cn1)=C(\N)c1ccc(F)cc1. The third kappa shape index (κ3) is 4.20. The number of halogens is 1. The molecule has 9 nitrogen and oxygen atoms in total. The third-order valence-electron chi connectivity index (χ3n) is 5.20. The molecule has 1 aromatic carbocycles. The first kappa shape index (κ1) is 21.2. The van der Waals surface area contributed by atoms with Crippen LogP contribution in [0.5, 0.6) is 5.88 Å². The second-order valence-electron chi connectivity index (χ2n) is 7.34. The van der Waals surface area contributed by atoms with Crippen LogP contribution in [0.1, 0.15) is 12.5 Å². The van der Waals surface area contributed by atoms with E-state index in [-0.39, 0.29) is 35.2 Å². The van der Waals surface area contributed by atoms with Crippen LogP contribution in [0.15, 0.2) is 53.1 Å². The van der Waals surface area contributed by atoms with E-state index >= 15 is 0 Å². The van der Waals surface area contributed by atoms with Crippen LogP contribution in [0, 0.1) is 5.82 Å². The molecule has 0 radical (unpaired) electrons. The highest BCUT2D eigenvalue weighted by Crippen LogP contribution is 2.23. The van der Waals surface area contributed by atoms with E-state index < -0.39 is 5.82 Å². The lowest BCUT2D eigenvalue weighted by molar-refractivity contribution is -0.113. The van der Waals surface area contributed by atoms with Crippen molar-refractivity contribution < 1.29 is 13.9 Å². The van der Waals surface area contributed by atoms with Gasteiger partial charge in [-0.25, -0.2) is 19.2 Å². The van der Waals surface area contributed by atoms with Gasteiger partial charge in [-0.15, -0.1) is 0 Å². The Bertz CT molecular complexity index is 1250. The summed E-state index contributed by atoms with van der Waals surface area (Å²) < 4.78 is 20.4. The van der Waals surface area contributed by atoms with Crippen LogP contribution in [0.2, 0.25) is 0 Å². The summed E-state index contributed by atoms with van der Waals surface area (Å²) in [6, 6.07) is 7.31. The summed E-state index contributed by atoms with van der Waals surface area (Å²) in [6.07, 6.45) is 2.83. The van der Waals surface area contributed by atoms with Crippen LogP contribution in [0.4, 0.5) is 10.2 Å². The average Bonchev–Trinajstić information content (AvgIpc) is 3.16. The molecule has 0 saturated carbocycles. The highest BCUT2D eigenvalue weighted by Gasteiger charge is 2.19. The molecule has 0 bridgehead atoms. The predicted molar refractivity (Wildman–Crippen MR) is 116 cm³/mol. The number of likely N-dealkylation sites (N-methyl/N-ethyl adjacent to an activating group) is 1. The largest absolute Gasteiger partial charge is 0.471 e. The Balaban J connectivity index is 1.52. The number of fused-ring (bicyclic) bond motifs is 1. The molecule has 0 atom stereocenters. The van der Waals surface area contributed by atoms with Crippen LogP contribution in [-0.2, 0) is 11.3 Å². The zero-order valence-corrected chi connectivity index (χ0v) is 17.6. The summed E-state index contributed by atoms with van der Waals surface area (Å²) in [5.41, 5.74) is 7.55. The van der Waals surface area contributed by atoms with Crippen molar-refractivity contribution in [3.8, 4) is 17.3 Å². The van der Waals surface area contributed by atoms with Crippen molar-refractivity contribution in [2.75, 3.05) is 25.1 Å². The summed E-state index contributed by atoms with van der Waals surface area (Å²) >= 11 is 0. The fourth-order valence-corrected chi connectivity index (χ4v) is 3.36. The Labute approximate surface area is 183 Å². The molecule has 1 aliphatic rings. The third-order valence-corrected chi connectivity index (χ3v) is 5.20. The fraction of sp³-hybridized carbons (Fsp3) is 0.227. The van der Waals surface area contributed by atoms with Gasteiger partial charge in [0.1, 0.15) is 23.9 Å². The monoisotopic (exact) mass is 436 g/mol. The topological polar surface area (TPSA) is 116 Å². The maximum absolute atomic E-state index is 13.2. The molecule has 3 aromatic rings. The molecule has 0 aliphatic carbocycles. The molecule has 32 heavy (non-hydrogen) atoms. The highest BCUT2D eigenvalue weighted by molar-refractivity contribution is 6.00. The molecule has 4 rings (SSSR count). The number of nitrogens with two attached hydrogens (primary N) is 1. The zero-order chi connectivity index (χ0) is 22.8. The van der Waals surface area contributed by atoms with E-state index in [0.29, 0.717) is 23.5 Å². The minimum absolute atomic E-state index is 0.129. The molecular formula is C22H21FN6O3. The number of hydrogen-bond acceptors (Lipinski definition) is 8. The molecule has 0 amide bonds. The number of benzene rings is 1. The minimum Gasteiger partial charge on any atom is -0.471 e. The number of aromatic nitrogens is 4. The van der Waals surface area contributed by atoms with Gasteiger partial charge >= 0.3 is 5.69 Å². The summed E-state index contributed by atoms with van der Waals surface area (Å²) in [6.45, 7) is 2.59. The van der Waals surface area contributed by atoms with Crippen molar-refractivity contribution in [1.82, 2.24) is 19.5 Å². The van der Waals surface area contributed by atoms with Gasteiger partial charge in [0.2, 0.25) is 5.88 Å². The van der Waals surface area contributed by atoms with Crippen molar-refractivity contribution in [1.29, 1.82) is 0 Å². The predicted octanol–water partition coefficient (Wildman–Crippen LogP) is 1.63. The first-order chi connectivity index (χ1) is 15.3. The molecular weight excluding hydrogens is 415 g/mol. The smallest absolute Gasteiger partial charge is 0.349 e. The molecule has 2 aromatic heterocycles. The Morgan fingerprint density at radius 3 is 2.56 bits per heavy atom. The van der Waals surface area contributed by atoms with E-state index in [9.17, 15) is 14.0 Å². The molecule has 3 heterocycles. The summed E-state index contributed by atoms with van der Waals surface area (Å²) in [4.78, 5) is 38.8. The van der Waals surface area contributed by atoms with Gasteiger partial charge in [-0.2, -0.15) is 4.98 Å². The lowest BCUT2D eigenvalue weighted by Crippen LogP contribution is -2.22. The second-order valence-corrected chi connectivity index (χ2v) is 7.34.